The summed E-state index contributed by atoms with van der Waals surface area (Å²) in [6.07, 6.45) is 3.52. The maximum Gasteiger partial charge on any atom is 0.222 e. The van der Waals surface area contributed by atoms with E-state index in [2.05, 4.69) is 10.00 Å². The van der Waals surface area contributed by atoms with Crippen LogP contribution in [0.15, 0.2) is 30.5 Å². The van der Waals surface area contributed by atoms with Gasteiger partial charge in [0.15, 0.2) is 5.78 Å². The van der Waals surface area contributed by atoms with Gasteiger partial charge in [-0.3, -0.25) is 14.5 Å². The maximum absolute atomic E-state index is 13.1. The summed E-state index contributed by atoms with van der Waals surface area (Å²) in [5.41, 5.74) is 7.42. The van der Waals surface area contributed by atoms with Gasteiger partial charge < -0.3 is 20.1 Å². The molecule has 9 nitrogen and oxygen atoms in total. The second-order valence-corrected chi connectivity index (χ2v) is 8.30. The van der Waals surface area contributed by atoms with Crippen molar-refractivity contribution in [3.8, 4) is 11.4 Å². The Hall–Kier alpha value is -2.91. The first-order valence-corrected chi connectivity index (χ1v) is 11.2. The summed E-state index contributed by atoms with van der Waals surface area (Å²) >= 11 is 0. The molecule has 1 aromatic heterocycles. The van der Waals surface area contributed by atoms with E-state index in [0.29, 0.717) is 37.3 Å². The predicted molar refractivity (Wildman–Crippen MR) is 120 cm³/mol. The molecule has 172 valence electrons. The summed E-state index contributed by atoms with van der Waals surface area (Å²) in [6, 6.07) is 7.31. The summed E-state index contributed by atoms with van der Waals surface area (Å²) in [7, 11) is 1.60. The molecule has 32 heavy (non-hydrogen) atoms. The summed E-state index contributed by atoms with van der Waals surface area (Å²) in [5, 5.41) is 4.31. The number of ketones is 1. The van der Waals surface area contributed by atoms with E-state index in [0.717, 1.165) is 50.7 Å². The van der Waals surface area contributed by atoms with Gasteiger partial charge in [0.05, 0.1) is 37.8 Å². The molecule has 0 unspecified atom stereocenters. The summed E-state index contributed by atoms with van der Waals surface area (Å²) in [4.78, 5) is 29.9. The zero-order chi connectivity index (χ0) is 22.5. The zero-order valence-electron chi connectivity index (χ0n) is 18.5. The molecule has 4 rings (SSSR count). The van der Waals surface area contributed by atoms with Crippen LogP contribution < -0.4 is 10.5 Å². The Morgan fingerprint density at radius 2 is 1.94 bits per heavy atom. The number of nitrogens with zero attached hydrogens (tertiary/aromatic N) is 4. The first kappa shape index (κ1) is 22.3. The van der Waals surface area contributed by atoms with Crippen molar-refractivity contribution in [2.45, 2.75) is 19.3 Å². The van der Waals surface area contributed by atoms with Crippen molar-refractivity contribution >= 4 is 17.5 Å². The molecule has 1 amide bonds. The summed E-state index contributed by atoms with van der Waals surface area (Å²) < 4.78 is 12.1. The molecule has 2 aromatic rings. The highest BCUT2D eigenvalue weighted by molar-refractivity contribution is 6.02. The van der Waals surface area contributed by atoms with Crippen molar-refractivity contribution < 1.29 is 19.1 Å². The molecule has 0 bridgehead atoms. The smallest absolute Gasteiger partial charge is 0.222 e. The number of ether oxygens (including phenoxy) is 2. The normalized spacial score (nSPS) is 19.3. The fourth-order valence-electron chi connectivity index (χ4n) is 4.33. The third kappa shape index (κ3) is 4.94. The highest BCUT2D eigenvalue weighted by Crippen LogP contribution is 2.26. The zero-order valence-corrected chi connectivity index (χ0v) is 18.5. The molecule has 2 N–H and O–H groups in total. The lowest BCUT2D eigenvalue weighted by Gasteiger charge is -2.26. The molecule has 1 aromatic carbocycles. The molecule has 0 radical (unpaired) electrons. The molecule has 3 heterocycles. The number of morpholine rings is 1. The van der Waals surface area contributed by atoms with Gasteiger partial charge in [0.25, 0.3) is 0 Å². The molecule has 0 saturated carbocycles. The van der Waals surface area contributed by atoms with Crippen molar-refractivity contribution in [3.63, 3.8) is 0 Å². The van der Waals surface area contributed by atoms with Crippen LogP contribution in [0.5, 0.6) is 5.75 Å². The minimum atomic E-state index is -0.242. The highest BCUT2D eigenvalue weighted by atomic mass is 16.5. The number of likely N-dealkylation sites (tertiary alicyclic amines) is 1. The number of rotatable bonds is 8. The van der Waals surface area contributed by atoms with E-state index in [1.807, 2.05) is 29.2 Å². The van der Waals surface area contributed by atoms with E-state index in [-0.39, 0.29) is 17.6 Å². The fraction of sp³-hybridized carbons (Fsp3) is 0.522. The van der Waals surface area contributed by atoms with E-state index in [9.17, 15) is 9.59 Å². The average Bonchev–Trinajstić information content (AvgIpc) is 3.47. The Balaban J connectivity index is 1.31. The number of aromatic nitrogens is 2. The van der Waals surface area contributed by atoms with Gasteiger partial charge >= 0.3 is 0 Å². The largest absolute Gasteiger partial charge is 0.497 e. The lowest BCUT2D eigenvalue weighted by atomic mass is 9.98. The van der Waals surface area contributed by atoms with Gasteiger partial charge in [0, 0.05) is 38.5 Å². The number of hydrogen-bond acceptors (Lipinski definition) is 7. The average molecular weight is 442 g/mol. The molecular formula is C23H31N5O4. The Morgan fingerprint density at radius 1 is 1.19 bits per heavy atom. The molecule has 0 aliphatic carbocycles. The number of carbonyl (C=O) groups is 2. The monoisotopic (exact) mass is 441 g/mol. The van der Waals surface area contributed by atoms with Gasteiger partial charge in [0.1, 0.15) is 11.6 Å². The Kier molecular flexibility index (Phi) is 7.06. The van der Waals surface area contributed by atoms with Crippen LogP contribution in [0.4, 0.5) is 5.82 Å². The fourth-order valence-corrected chi connectivity index (χ4v) is 4.33. The molecular weight excluding hydrogens is 410 g/mol. The van der Waals surface area contributed by atoms with Crippen molar-refractivity contribution in [2.75, 3.05) is 58.8 Å². The number of nitrogen functional groups attached to an aromatic ring is 1. The van der Waals surface area contributed by atoms with Gasteiger partial charge in [0.2, 0.25) is 5.91 Å². The number of amides is 1. The number of anilines is 1. The molecule has 9 heteroatoms. The maximum atomic E-state index is 13.1. The van der Waals surface area contributed by atoms with E-state index in [4.69, 9.17) is 15.2 Å². The molecule has 0 spiro atoms. The first-order chi connectivity index (χ1) is 15.6. The van der Waals surface area contributed by atoms with Crippen LogP contribution >= 0.6 is 0 Å². The lowest BCUT2D eigenvalue weighted by molar-refractivity contribution is -0.130. The van der Waals surface area contributed by atoms with Crippen molar-refractivity contribution in [1.29, 1.82) is 0 Å². The Labute approximate surface area is 188 Å². The van der Waals surface area contributed by atoms with E-state index in [1.54, 1.807) is 11.8 Å². The minimum absolute atomic E-state index is 0.0501. The number of carbonyl (C=O) groups excluding carboxylic acids is 2. The van der Waals surface area contributed by atoms with Crippen LogP contribution in [0, 0.1) is 5.92 Å². The van der Waals surface area contributed by atoms with Crippen LogP contribution in [-0.4, -0.2) is 84.3 Å². The van der Waals surface area contributed by atoms with Gasteiger partial charge in [-0.1, -0.05) is 0 Å². The Bertz CT molecular complexity index is 936. The summed E-state index contributed by atoms with van der Waals surface area (Å²) in [6.45, 7) is 5.36. The molecule has 2 aliphatic rings. The van der Waals surface area contributed by atoms with Crippen LogP contribution in [-0.2, 0) is 9.53 Å². The van der Waals surface area contributed by atoms with Crippen molar-refractivity contribution in [1.82, 2.24) is 19.6 Å². The standard InChI is InChI=1S/C23H31N5O4/c1-31-19-6-4-18(5-7-19)28-23(24)20(15-25-28)22(30)17-8-10-27(16-17)21(29)3-2-9-26-11-13-32-14-12-26/h4-7,15,17H,2-3,8-14,16,24H2,1H3/t17-/m1/s1. The van der Waals surface area contributed by atoms with Gasteiger partial charge in [-0.05, 0) is 43.7 Å². The third-order valence-corrected chi connectivity index (χ3v) is 6.27. The molecule has 2 aliphatic heterocycles. The highest BCUT2D eigenvalue weighted by Gasteiger charge is 2.33. The lowest BCUT2D eigenvalue weighted by Crippen LogP contribution is -2.37. The number of methoxy groups -OCH3 is 1. The van der Waals surface area contributed by atoms with Gasteiger partial charge in [-0.15, -0.1) is 0 Å². The van der Waals surface area contributed by atoms with Crippen LogP contribution in [0.1, 0.15) is 29.6 Å². The number of nitrogens with two attached hydrogens (primary N) is 1. The second-order valence-electron chi connectivity index (χ2n) is 8.30. The van der Waals surface area contributed by atoms with E-state index >= 15 is 0 Å². The van der Waals surface area contributed by atoms with Gasteiger partial charge in [-0.25, -0.2) is 4.68 Å². The molecule has 2 saturated heterocycles. The van der Waals surface area contributed by atoms with E-state index in [1.165, 1.54) is 6.20 Å². The SMILES string of the molecule is COc1ccc(-n2ncc(C(=O)[C@@H]3CCN(C(=O)CCCN4CCOCC4)C3)c2N)cc1. The second kappa shape index (κ2) is 10.1. The number of benzene rings is 1. The van der Waals surface area contributed by atoms with Crippen LogP contribution in [0.2, 0.25) is 0 Å². The van der Waals surface area contributed by atoms with Crippen LogP contribution in [0.25, 0.3) is 5.69 Å². The number of Topliss-reactive ketones (excluding diaryl/α,β-unsaturated/α-hetero) is 1. The van der Waals surface area contributed by atoms with Crippen LogP contribution in [0.3, 0.4) is 0 Å². The van der Waals surface area contributed by atoms with E-state index < -0.39 is 0 Å². The van der Waals surface area contributed by atoms with Crippen molar-refractivity contribution in [3.05, 3.63) is 36.0 Å². The first-order valence-electron chi connectivity index (χ1n) is 11.2. The topological polar surface area (TPSA) is 103 Å². The Morgan fingerprint density at radius 3 is 2.66 bits per heavy atom. The van der Waals surface area contributed by atoms with Crippen molar-refractivity contribution in [2.24, 2.45) is 5.92 Å². The molecule has 2 fully saturated rings. The van der Waals surface area contributed by atoms with Gasteiger partial charge in [-0.2, -0.15) is 5.10 Å². The summed E-state index contributed by atoms with van der Waals surface area (Å²) in [5.74, 6) is 0.877. The quantitative estimate of drug-likeness (QED) is 0.621. The number of hydrogen-bond donors (Lipinski definition) is 1. The minimum Gasteiger partial charge on any atom is -0.497 e. The molecule has 1 atom stereocenters. The third-order valence-electron chi connectivity index (χ3n) is 6.27. The predicted octanol–water partition coefficient (Wildman–Crippen LogP) is 1.61.